The van der Waals surface area contributed by atoms with Crippen LogP contribution < -0.4 is 0 Å². The molecule has 1 nitrogen and oxygen atoms in total. The van der Waals surface area contributed by atoms with Crippen molar-refractivity contribution in [3.63, 3.8) is 0 Å². The highest BCUT2D eigenvalue weighted by atomic mass is 32.2. The highest BCUT2D eigenvalue weighted by molar-refractivity contribution is 8.03. The Morgan fingerprint density at radius 1 is 0.727 bits per heavy atom. The molecule has 272 valence electrons. The molecule has 1 aromatic heterocycles. The predicted octanol–water partition coefficient (Wildman–Crippen LogP) is 14.6. The highest BCUT2D eigenvalue weighted by Gasteiger charge is 2.59. The van der Waals surface area contributed by atoms with Crippen LogP contribution in [0.15, 0.2) is 178 Å². The van der Waals surface area contributed by atoms with Gasteiger partial charge in [0.2, 0.25) is 0 Å². The summed E-state index contributed by atoms with van der Waals surface area (Å²) in [7, 11) is 0. The van der Waals surface area contributed by atoms with Crippen LogP contribution in [0.5, 0.6) is 0 Å². The summed E-state index contributed by atoms with van der Waals surface area (Å²) in [5.74, 6) is 0. The minimum absolute atomic E-state index is 0.0147. The maximum absolute atomic E-state index is 2.60. The van der Waals surface area contributed by atoms with Gasteiger partial charge in [0.15, 0.2) is 0 Å². The van der Waals surface area contributed by atoms with Crippen molar-refractivity contribution < 1.29 is 0 Å². The van der Waals surface area contributed by atoms with E-state index in [2.05, 4.69) is 189 Å². The van der Waals surface area contributed by atoms with E-state index in [4.69, 9.17) is 0 Å². The van der Waals surface area contributed by atoms with Gasteiger partial charge in [0.25, 0.3) is 0 Å². The third-order valence-corrected chi connectivity index (χ3v) is 16.8. The van der Waals surface area contributed by atoms with Crippen molar-refractivity contribution >= 4 is 45.3 Å². The largest absolute Gasteiger partial charge is 0.333 e. The van der Waals surface area contributed by atoms with Crippen molar-refractivity contribution in [2.24, 2.45) is 10.8 Å². The average molecular weight is 750 g/mol. The topological polar surface area (TPSA) is 4.93 Å². The monoisotopic (exact) mass is 749 g/mol. The van der Waals surface area contributed by atoms with Gasteiger partial charge in [-0.1, -0.05) is 153 Å². The van der Waals surface area contributed by atoms with Crippen LogP contribution in [0.25, 0.3) is 32.9 Å². The Kier molecular flexibility index (Phi) is 7.56. The van der Waals surface area contributed by atoms with E-state index >= 15 is 0 Å². The zero-order valence-corrected chi connectivity index (χ0v) is 33.7. The average Bonchev–Trinajstić information content (AvgIpc) is 3.56. The van der Waals surface area contributed by atoms with Gasteiger partial charge in [-0.25, -0.2) is 0 Å². The number of benzene rings is 4. The molecule has 0 N–H and O–H groups in total. The number of aromatic nitrogens is 1. The molecule has 6 aliphatic rings. The normalized spacial score (nSPS) is 30.4. The zero-order valence-electron chi connectivity index (χ0n) is 32.0. The zero-order chi connectivity index (χ0) is 37.0. The first kappa shape index (κ1) is 33.9. The Hall–Kier alpha value is -4.44. The fourth-order valence-electron chi connectivity index (χ4n) is 11.3. The predicted molar refractivity (Wildman–Crippen MR) is 236 cm³/mol. The fraction of sp³-hybridized carbons (Fsp3) is 0.269. The molecule has 4 aliphatic carbocycles. The van der Waals surface area contributed by atoms with E-state index in [1.165, 1.54) is 78.0 Å². The Morgan fingerprint density at radius 2 is 1.55 bits per heavy atom. The van der Waals surface area contributed by atoms with Gasteiger partial charge in [0, 0.05) is 35.7 Å². The highest BCUT2D eigenvalue weighted by Crippen LogP contribution is 2.70. The molecule has 1 spiro atoms. The summed E-state index contributed by atoms with van der Waals surface area (Å²) in [5.41, 5.74) is 11.0. The first-order valence-electron chi connectivity index (χ1n) is 20.3. The number of allylic oxidation sites excluding steroid dienone is 12. The lowest BCUT2D eigenvalue weighted by Crippen LogP contribution is -2.49. The maximum atomic E-state index is 2.60. The van der Waals surface area contributed by atoms with Crippen LogP contribution in [0.1, 0.15) is 76.5 Å². The second kappa shape index (κ2) is 12.3. The van der Waals surface area contributed by atoms with Crippen LogP contribution in [-0.2, 0) is 5.41 Å². The van der Waals surface area contributed by atoms with Crippen LogP contribution in [-0.4, -0.2) is 9.31 Å². The molecule has 0 fully saturated rings. The summed E-state index contributed by atoms with van der Waals surface area (Å²) in [6, 6.07) is 33.2. The number of hydrogen-bond acceptors (Lipinski definition) is 2. The van der Waals surface area contributed by atoms with Crippen molar-refractivity contribution in [3.8, 4) is 11.1 Å². The van der Waals surface area contributed by atoms with Gasteiger partial charge < -0.3 is 4.57 Å². The van der Waals surface area contributed by atoms with E-state index < -0.39 is 5.41 Å². The van der Waals surface area contributed by atoms with E-state index in [1.54, 1.807) is 11.1 Å². The van der Waals surface area contributed by atoms with E-state index in [9.17, 15) is 0 Å². The third-order valence-electron chi connectivity index (χ3n) is 14.2. The molecule has 3 heteroatoms. The lowest BCUT2D eigenvalue weighted by Gasteiger charge is -2.57. The fourth-order valence-corrected chi connectivity index (χ4v) is 14.0. The van der Waals surface area contributed by atoms with E-state index in [0.29, 0.717) is 0 Å². The van der Waals surface area contributed by atoms with Crippen LogP contribution in [0.2, 0.25) is 0 Å². The van der Waals surface area contributed by atoms with Crippen LogP contribution in [0, 0.1) is 10.8 Å². The molecule has 11 rings (SSSR count). The smallest absolute Gasteiger partial charge is 0.0680 e. The Bertz CT molecular complexity index is 2680. The van der Waals surface area contributed by atoms with E-state index in [-0.39, 0.29) is 21.6 Å². The molecule has 55 heavy (non-hydrogen) atoms. The Morgan fingerprint density at radius 3 is 2.42 bits per heavy atom. The standard InChI is InChI=1S/C52H47NS2/c1-49(30-13-5-14-31-49)50(2)33-29-44-40(34-50)52(39-23-9-11-26-43(39)54-44)46-28-12-15-32-51(46,3)55-45-27-17-22-37(48(45)52)36-21-16-25-42-47(36)38-20-8-10-24-41(38)53(42)35-18-6-4-7-19-35/h4,6-13,15-18,20-30,33,35H,5,14,19,31-32,34H2,1-3H3. The second-order valence-corrected chi connectivity index (χ2v) is 19.9. The van der Waals surface area contributed by atoms with Crippen molar-refractivity contribution in [2.45, 2.75) is 85.3 Å². The van der Waals surface area contributed by atoms with Crippen molar-refractivity contribution in [3.05, 3.63) is 179 Å². The summed E-state index contributed by atoms with van der Waals surface area (Å²) in [5, 5.41) is 2.70. The minimum atomic E-state index is -0.425. The van der Waals surface area contributed by atoms with Crippen molar-refractivity contribution in [2.75, 3.05) is 0 Å². The maximum Gasteiger partial charge on any atom is 0.0680 e. The molecular formula is C52H47NS2. The Balaban J connectivity index is 1.25. The number of para-hydroxylation sites is 1. The number of fused-ring (bicyclic) bond motifs is 10. The molecule has 5 aromatic rings. The SMILES string of the molecule is CC12CC=CC=C1C1(C3=C(C=CC(C)(C4(C)C=CCCC4)C3)Sc3ccccc31)c1c(cccc1-c1cccc3c1c1ccccc1n3C1C=CC=CC1)S2. The summed E-state index contributed by atoms with van der Waals surface area (Å²) in [6.07, 6.45) is 33.3. The minimum Gasteiger partial charge on any atom is -0.333 e. The molecule has 0 saturated heterocycles. The lowest BCUT2D eigenvalue weighted by molar-refractivity contribution is 0.151. The summed E-state index contributed by atoms with van der Waals surface area (Å²) >= 11 is 4.10. The molecule has 0 amide bonds. The second-order valence-electron chi connectivity index (χ2n) is 17.3. The Labute approximate surface area is 334 Å². The quantitative estimate of drug-likeness (QED) is 0.169. The van der Waals surface area contributed by atoms with Crippen molar-refractivity contribution in [1.29, 1.82) is 0 Å². The lowest BCUT2D eigenvalue weighted by atomic mass is 9.51. The third kappa shape index (κ3) is 4.69. The van der Waals surface area contributed by atoms with Crippen LogP contribution >= 0.6 is 23.5 Å². The molecule has 0 bridgehead atoms. The van der Waals surface area contributed by atoms with Gasteiger partial charge in [-0.3, -0.25) is 0 Å². The summed E-state index contributed by atoms with van der Waals surface area (Å²) in [6.45, 7) is 7.62. The molecule has 2 aliphatic heterocycles. The summed E-state index contributed by atoms with van der Waals surface area (Å²) < 4.78 is 2.52. The van der Waals surface area contributed by atoms with Crippen LogP contribution in [0.4, 0.5) is 0 Å². The van der Waals surface area contributed by atoms with Gasteiger partial charge in [-0.05, 0) is 114 Å². The van der Waals surface area contributed by atoms with Gasteiger partial charge >= 0.3 is 0 Å². The molecule has 5 unspecified atom stereocenters. The number of rotatable bonds is 3. The van der Waals surface area contributed by atoms with Crippen molar-refractivity contribution in [1.82, 2.24) is 4.57 Å². The first-order chi connectivity index (χ1) is 26.8. The number of nitrogens with zero attached hydrogens (tertiary/aromatic N) is 1. The molecule has 0 saturated carbocycles. The summed E-state index contributed by atoms with van der Waals surface area (Å²) in [4.78, 5) is 4.25. The molecule has 5 atom stereocenters. The van der Waals surface area contributed by atoms with Gasteiger partial charge in [-0.2, -0.15) is 0 Å². The molecule has 3 heterocycles. The van der Waals surface area contributed by atoms with Crippen LogP contribution in [0.3, 0.4) is 0 Å². The first-order valence-corrected chi connectivity index (χ1v) is 21.9. The number of hydrogen-bond donors (Lipinski definition) is 0. The van der Waals surface area contributed by atoms with E-state index in [1.807, 2.05) is 11.8 Å². The van der Waals surface area contributed by atoms with E-state index in [0.717, 1.165) is 19.3 Å². The van der Waals surface area contributed by atoms with Gasteiger partial charge in [0.1, 0.15) is 0 Å². The molecule has 4 aromatic carbocycles. The van der Waals surface area contributed by atoms with Gasteiger partial charge in [-0.15, -0.1) is 11.8 Å². The van der Waals surface area contributed by atoms with Gasteiger partial charge in [0.05, 0.1) is 17.0 Å². The number of thioether (sulfide) groups is 2. The molecular weight excluding hydrogens is 703 g/mol. The molecule has 0 radical (unpaired) electrons.